The molecule has 0 atom stereocenters. The topological polar surface area (TPSA) is 34.1 Å². The third-order valence-electron chi connectivity index (χ3n) is 2.82. The number of hydrogen-bond acceptors (Lipinski definition) is 3. The minimum Gasteiger partial charge on any atom is -0.439 e. The number of pyridine rings is 1. The van der Waals surface area contributed by atoms with Gasteiger partial charge < -0.3 is 10.1 Å². The van der Waals surface area contributed by atoms with Crippen LogP contribution in [0.5, 0.6) is 11.6 Å². The first-order valence-corrected chi connectivity index (χ1v) is 6.52. The molecular formula is C15H17ClN2O. The van der Waals surface area contributed by atoms with Crippen molar-refractivity contribution >= 4 is 11.6 Å². The number of nitrogens with one attached hydrogen (secondary N) is 1. The number of benzene rings is 1. The third kappa shape index (κ3) is 3.46. The minimum absolute atomic E-state index is 0.557. The van der Waals surface area contributed by atoms with Crippen molar-refractivity contribution in [2.24, 2.45) is 0 Å². The van der Waals surface area contributed by atoms with Crippen LogP contribution in [-0.4, -0.2) is 12.0 Å². The van der Waals surface area contributed by atoms with E-state index < -0.39 is 0 Å². The minimum atomic E-state index is 0.557. The number of hydrogen-bond donors (Lipinski definition) is 1. The monoisotopic (exact) mass is 276 g/mol. The molecule has 0 aliphatic rings. The molecule has 0 bridgehead atoms. The van der Waals surface area contributed by atoms with E-state index in [9.17, 15) is 0 Å². The predicted octanol–water partition coefficient (Wildman–Crippen LogP) is 3.86. The highest BCUT2D eigenvalue weighted by Crippen LogP contribution is 2.26. The molecule has 0 spiro atoms. The Balaban J connectivity index is 2.25. The summed E-state index contributed by atoms with van der Waals surface area (Å²) < 4.78 is 5.81. The summed E-state index contributed by atoms with van der Waals surface area (Å²) in [5.41, 5.74) is 3.27. The van der Waals surface area contributed by atoms with Crippen molar-refractivity contribution in [3.8, 4) is 11.6 Å². The van der Waals surface area contributed by atoms with E-state index in [1.807, 2.05) is 32.2 Å². The Morgan fingerprint density at radius 3 is 2.74 bits per heavy atom. The second-order valence-electron chi connectivity index (χ2n) is 4.52. The molecule has 0 amide bonds. The second kappa shape index (κ2) is 6.04. The molecule has 0 radical (unpaired) electrons. The van der Waals surface area contributed by atoms with Crippen LogP contribution < -0.4 is 10.1 Å². The lowest BCUT2D eigenvalue weighted by Gasteiger charge is -2.10. The van der Waals surface area contributed by atoms with Gasteiger partial charge in [0.15, 0.2) is 0 Å². The van der Waals surface area contributed by atoms with Crippen LogP contribution in [0.2, 0.25) is 5.02 Å². The van der Waals surface area contributed by atoms with Crippen molar-refractivity contribution in [1.29, 1.82) is 0 Å². The Bertz CT molecular complexity index is 584. The molecule has 2 rings (SSSR count). The molecule has 1 heterocycles. The van der Waals surface area contributed by atoms with Crippen molar-refractivity contribution in [2.75, 3.05) is 7.05 Å². The maximum absolute atomic E-state index is 6.07. The van der Waals surface area contributed by atoms with E-state index in [2.05, 4.69) is 23.3 Å². The molecular weight excluding hydrogens is 260 g/mol. The van der Waals surface area contributed by atoms with Gasteiger partial charge in [-0.3, -0.25) is 0 Å². The summed E-state index contributed by atoms with van der Waals surface area (Å²) >= 11 is 6.07. The van der Waals surface area contributed by atoms with Crippen molar-refractivity contribution in [3.05, 3.63) is 52.2 Å². The molecule has 4 heteroatoms. The second-order valence-corrected chi connectivity index (χ2v) is 4.92. The molecule has 0 aliphatic heterocycles. The highest BCUT2D eigenvalue weighted by Gasteiger charge is 2.06. The average molecular weight is 277 g/mol. The van der Waals surface area contributed by atoms with Crippen LogP contribution >= 0.6 is 11.6 Å². The molecule has 0 aliphatic carbocycles. The van der Waals surface area contributed by atoms with E-state index in [0.717, 1.165) is 16.9 Å². The SMILES string of the molecule is CNCc1cc(Oc2ccc(C)cc2C)ncc1Cl. The lowest BCUT2D eigenvalue weighted by molar-refractivity contribution is 0.458. The smallest absolute Gasteiger partial charge is 0.219 e. The van der Waals surface area contributed by atoms with Crippen LogP contribution in [0.4, 0.5) is 0 Å². The Kier molecular flexibility index (Phi) is 4.40. The molecule has 19 heavy (non-hydrogen) atoms. The fourth-order valence-corrected chi connectivity index (χ4v) is 2.04. The van der Waals surface area contributed by atoms with Gasteiger partial charge >= 0.3 is 0 Å². The first-order valence-electron chi connectivity index (χ1n) is 6.14. The van der Waals surface area contributed by atoms with Crippen molar-refractivity contribution in [1.82, 2.24) is 10.3 Å². The zero-order valence-corrected chi connectivity index (χ0v) is 12.1. The standard InChI is InChI=1S/C15H17ClN2O/c1-10-4-5-14(11(2)6-10)19-15-7-12(8-17-3)13(16)9-18-15/h4-7,9,17H,8H2,1-3H3. The third-order valence-corrected chi connectivity index (χ3v) is 3.16. The van der Waals surface area contributed by atoms with Gasteiger partial charge in [0, 0.05) is 18.8 Å². The van der Waals surface area contributed by atoms with Crippen molar-refractivity contribution < 1.29 is 4.74 Å². The van der Waals surface area contributed by atoms with Gasteiger partial charge in [0.05, 0.1) is 5.02 Å². The Morgan fingerprint density at radius 1 is 1.26 bits per heavy atom. The number of halogens is 1. The molecule has 2 aromatic rings. The van der Waals surface area contributed by atoms with Crippen LogP contribution in [-0.2, 0) is 6.54 Å². The zero-order valence-electron chi connectivity index (χ0n) is 11.3. The molecule has 0 saturated carbocycles. The lowest BCUT2D eigenvalue weighted by atomic mass is 10.1. The fourth-order valence-electron chi connectivity index (χ4n) is 1.87. The Morgan fingerprint density at radius 2 is 2.05 bits per heavy atom. The Hall–Kier alpha value is -1.58. The summed E-state index contributed by atoms with van der Waals surface area (Å²) in [5.74, 6) is 1.37. The summed E-state index contributed by atoms with van der Waals surface area (Å²) in [6, 6.07) is 7.92. The van der Waals surface area contributed by atoms with Gasteiger partial charge in [-0.05, 0) is 38.1 Å². The first kappa shape index (κ1) is 13.8. The van der Waals surface area contributed by atoms with Crippen LogP contribution in [0.15, 0.2) is 30.5 Å². The molecule has 0 unspecified atom stereocenters. The maximum atomic E-state index is 6.07. The summed E-state index contributed by atoms with van der Waals surface area (Å²) in [6.07, 6.45) is 1.62. The average Bonchev–Trinajstić information content (AvgIpc) is 2.37. The molecule has 1 N–H and O–H groups in total. The van der Waals surface area contributed by atoms with Crippen molar-refractivity contribution in [3.63, 3.8) is 0 Å². The van der Waals surface area contributed by atoms with E-state index >= 15 is 0 Å². The number of rotatable bonds is 4. The van der Waals surface area contributed by atoms with Crippen molar-refractivity contribution in [2.45, 2.75) is 20.4 Å². The summed E-state index contributed by atoms with van der Waals surface area (Å²) in [7, 11) is 1.88. The molecule has 0 fully saturated rings. The summed E-state index contributed by atoms with van der Waals surface area (Å²) in [6.45, 7) is 4.76. The van der Waals surface area contributed by atoms with Crippen LogP contribution in [0.25, 0.3) is 0 Å². The van der Waals surface area contributed by atoms with Crippen LogP contribution in [0.1, 0.15) is 16.7 Å². The van der Waals surface area contributed by atoms with Gasteiger partial charge in [0.2, 0.25) is 5.88 Å². The highest BCUT2D eigenvalue weighted by molar-refractivity contribution is 6.31. The molecule has 0 saturated heterocycles. The van der Waals surface area contributed by atoms with Gasteiger partial charge in [-0.15, -0.1) is 0 Å². The predicted molar refractivity (Wildman–Crippen MR) is 78.0 cm³/mol. The Labute approximate surface area is 118 Å². The molecule has 1 aromatic carbocycles. The summed E-state index contributed by atoms with van der Waals surface area (Å²) in [4.78, 5) is 4.20. The normalized spacial score (nSPS) is 10.5. The fraction of sp³-hybridized carbons (Fsp3) is 0.267. The zero-order chi connectivity index (χ0) is 13.8. The van der Waals surface area contributed by atoms with Gasteiger partial charge in [-0.2, -0.15) is 0 Å². The van der Waals surface area contributed by atoms with E-state index in [1.54, 1.807) is 6.20 Å². The maximum Gasteiger partial charge on any atom is 0.219 e. The van der Waals surface area contributed by atoms with E-state index in [4.69, 9.17) is 16.3 Å². The van der Waals surface area contributed by atoms with Crippen LogP contribution in [0.3, 0.4) is 0 Å². The van der Waals surface area contributed by atoms with Gasteiger partial charge in [0.25, 0.3) is 0 Å². The first-order chi connectivity index (χ1) is 9.10. The number of nitrogens with zero attached hydrogens (tertiary/aromatic N) is 1. The van der Waals surface area contributed by atoms with Gasteiger partial charge in [-0.25, -0.2) is 4.98 Å². The number of aryl methyl sites for hydroxylation is 2. The summed E-state index contributed by atoms with van der Waals surface area (Å²) in [5, 5.41) is 3.71. The molecule has 100 valence electrons. The number of aromatic nitrogens is 1. The van der Waals surface area contributed by atoms with E-state index in [0.29, 0.717) is 17.4 Å². The van der Waals surface area contributed by atoms with E-state index in [1.165, 1.54) is 5.56 Å². The van der Waals surface area contributed by atoms with Gasteiger partial charge in [-0.1, -0.05) is 29.3 Å². The quantitative estimate of drug-likeness (QED) is 0.921. The number of ether oxygens (including phenoxy) is 1. The highest BCUT2D eigenvalue weighted by atomic mass is 35.5. The molecule has 3 nitrogen and oxygen atoms in total. The molecule has 1 aromatic heterocycles. The lowest BCUT2D eigenvalue weighted by Crippen LogP contribution is -2.06. The van der Waals surface area contributed by atoms with E-state index in [-0.39, 0.29) is 0 Å². The van der Waals surface area contributed by atoms with Crippen LogP contribution in [0, 0.1) is 13.8 Å². The van der Waals surface area contributed by atoms with Gasteiger partial charge in [0.1, 0.15) is 5.75 Å². The largest absolute Gasteiger partial charge is 0.439 e.